The highest BCUT2D eigenvalue weighted by atomic mass is 19.4. The molecular weight excluding hydrogens is 285 g/mol. The Kier molecular flexibility index (Phi) is 4.20. The molecule has 4 nitrogen and oxygen atoms in total. The van der Waals surface area contributed by atoms with Crippen LogP contribution in [0.5, 0.6) is 0 Å². The molecule has 1 aromatic carbocycles. The van der Waals surface area contributed by atoms with Crippen molar-refractivity contribution in [2.45, 2.75) is 38.0 Å². The van der Waals surface area contributed by atoms with E-state index in [2.05, 4.69) is 5.32 Å². The second kappa shape index (κ2) is 5.75. The maximum Gasteiger partial charge on any atom is 0.412 e. The second-order valence-corrected chi connectivity index (χ2v) is 5.06. The Balaban J connectivity index is 2.18. The number of nitrogens with one attached hydrogen (secondary N) is 2. The smallest absolute Gasteiger partial charge is 0.344 e. The number of aryl methyl sites for hydroxylation is 1. The molecule has 0 aliphatic carbocycles. The maximum absolute atomic E-state index is 13.2. The number of carbonyl (C=O) groups is 2. The van der Waals surface area contributed by atoms with Crippen LogP contribution in [0.15, 0.2) is 24.3 Å². The van der Waals surface area contributed by atoms with Crippen LogP contribution >= 0.6 is 0 Å². The van der Waals surface area contributed by atoms with Crippen LogP contribution in [0.1, 0.15) is 30.0 Å². The topological polar surface area (TPSA) is 58.2 Å². The lowest BCUT2D eigenvalue weighted by molar-refractivity contribution is -0.164. The van der Waals surface area contributed by atoms with Crippen LogP contribution in [-0.2, 0) is 9.59 Å². The largest absolute Gasteiger partial charge is 0.412 e. The molecule has 2 atom stereocenters. The van der Waals surface area contributed by atoms with Crippen molar-refractivity contribution in [3.63, 3.8) is 0 Å². The van der Waals surface area contributed by atoms with E-state index in [0.717, 1.165) is 0 Å². The van der Waals surface area contributed by atoms with Crippen molar-refractivity contribution in [3.05, 3.63) is 35.4 Å². The van der Waals surface area contributed by atoms with Gasteiger partial charge in [0.25, 0.3) is 0 Å². The van der Waals surface area contributed by atoms with E-state index in [-0.39, 0.29) is 24.3 Å². The Morgan fingerprint density at radius 3 is 2.67 bits per heavy atom. The summed E-state index contributed by atoms with van der Waals surface area (Å²) in [5.74, 6) is -1.14. The van der Waals surface area contributed by atoms with Gasteiger partial charge in [0.15, 0.2) is 6.04 Å². The Hall–Kier alpha value is -2.05. The molecule has 0 bridgehead atoms. The first-order valence-corrected chi connectivity index (χ1v) is 6.50. The van der Waals surface area contributed by atoms with Crippen molar-refractivity contribution in [1.82, 2.24) is 10.6 Å². The van der Waals surface area contributed by atoms with Gasteiger partial charge in [-0.05, 0) is 18.9 Å². The number of hydrogen-bond donors (Lipinski definition) is 2. The van der Waals surface area contributed by atoms with Crippen LogP contribution < -0.4 is 10.6 Å². The fourth-order valence-electron chi connectivity index (χ4n) is 2.26. The summed E-state index contributed by atoms with van der Waals surface area (Å²) in [5, 5.41) is 4.34. The van der Waals surface area contributed by atoms with Gasteiger partial charge >= 0.3 is 6.18 Å². The number of hydrogen-bond acceptors (Lipinski definition) is 2. The summed E-state index contributed by atoms with van der Waals surface area (Å²) in [7, 11) is 0. The van der Waals surface area contributed by atoms with E-state index in [4.69, 9.17) is 0 Å². The molecule has 21 heavy (non-hydrogen) atoms. The molecule has 114 valence electrons. The summed E-state index contributed by atoms with van der Waals surface area (Å²) in [6.07, 6.45) is -4.24. The fraction of sp³-hybridized carbons (Fsp3) is 0.429. The van der Waals surface area contributed by atoms with Gasteiger partial charge in [0.2, 0.25) is 11.8 Å². The lowest BCUT2D eigenvalue weighted by Crippen LogP contribution is -2.46. The molecule has 1 heterocycles. The molecule has 1 saturated heterocycles. The van der Waals surface area contributed by atoms with Gasteiger partial charge in [-0.1, -0.05) is 29.8 Å². The number of halogens is 3. The third kappa shape index (κ3) is 3.74. The molecule has 7 heteroatoms. The molecule has 1 fully saturated rings. The summed E-state index contributed by atoms with van der Waals surface area (Å²) in [4.78, 5) is 22.9. The van der Waals surface area contributed by atoms with Gasteiger partial charge in [0.1, 0.15) is 6.04 Å². The molecule has 2 N–H and O–H groups in total. The third-order valence-electron chi connectivity index (χ3n) is 3.30. The molecule has 2 rings (SSSR count). The molecule has 2 amide bonds. The first kappa shape index (κ1) is 15.3. The fourth-order valence-corrected chi connectivity index (χ4v) is 2.26. The molecule has 0 saturated carbocycles. The summed E-state index contributed by atoms with van der Waals surface area (Å²) < 4.78 is 39.5. The number of rotatable bonds is 3. The van der Waals surface area contributed by atoms with E-state index < -0.39 is 24.2 Å². The van der Waals surface area contributed by atoms with E-state index in [1.54, 1.807) is 13.0 Å². The van der Waals surface area contributed by atoms with Crippen molar-refractivity contribution in [3.8, 4) is 0 Å². The van der Waals surface area contributed by atoms with Crippen molar-refractivity contribution in [2.75, 3.05) is 0 Å². The van der Waals surface area contributed by atoms with Gasteiger partial charge in [-0.25, -0.2) is 0 Å². The summed E-state index contributed by atoms with van der Waals surface area (Å²) in [6, 6.07) is 2.90. The summed E-state index contributed by atoms with van der Waals surface area (Å²) in [6.45, 7) is 1.68. The van der Waals surface area contributed by atoms with E-state index in [0.29, 0.717) is 5.56 Å². The number of benzene rings is 1. The molecule has 1 aliphatic heterocycles. The first-order chi connectivity index (χ1) is 9.77. The minimum absolute atomic E-state index is 0.0276. The minimum Gasteiger partial charge on any atom is -0.344 e. The molecular formula is C14H15F3N2O2. The standard InChI is InChI=1S/C14H15F3N2O2/c1-8-3-2-4-9(7-8)12(14(15,16)17)19-13(21)10-5-6-11(20)18-10/h2-4,7,10,12H,5-6H2,1H3,(H,18,20)(H,19,21)/t10-,12?/m1/s1. The van der Waals surface area contributed by atoms with Crippen LogP contribution in [0.2, 0.25) is 0 Å². The molecule has 0 aromatic heterocycles. The van der Waals surface area contributed by atoms with Crippen molar-refractivity contribution in [2.24, 2.45) is 0 Å². The average Bonchev–Trinajstić information content (AvgIpc) is 2.81. The first-order valence-electron chi connectivity index (χ1n) is 6.50. The normalized spacial score (nSPS) is 20.0. The Bertz CT molecular complexity index is 557. The minimum atomic E-state index is -4.61. The zero-order valence-electron chi connectivity index (χ0n) is 11.3. The highest BCUT2D eigenvalue weighted by Gasteiger charge is 2.43. The van der Waals surface area contributed by atoms with Gasteiger partial charge < -0.3 is 10.6 Å². The second-order valence-electron chi connectivity index (χ2n) is 5.06. The Morgan fingerprint density at radius 2 is 2.14 bits per heavy atom. The summed E-state index contributed by atoms with van der Waals surface area (Å²) >= 11 is 0. The van der Waals surface area contributed by atoms with Crippen molar-refractivity contribution in [1.29, 1.82) is 0 Å². The van der Waals surface area contributed by atoms with Crippen molar-refractivity contribution >= 4 is 11.8 Å². The molecule has 1 aromatic rings. The van der Waals surface area contributed by atoms with Gasteiger partial charge in [0, 0.05) is 6.42 Å². The molecule has 0 radical (unpaired) electrons. The van der Waals surface area contributed by atoms with Gasteiger partial charge in [0.05, 0.1) is 0 Å². The number of alkyl halides is 3. The van der Waals surface area contributed by atoms with Crippen LogP contribution in [0, 0.1) is 6.92 Å². The quantitative estimate of drug-likeness (QED) is 0.897. The van der Waals surface area contributed by atoms with Crippen LogP contribution in [0.4, 0.5) is 13.2 Å². The van der Waals surface area contributed by atoms with Crippen LogP contribution in [0.25, 0.3) is 0 Å². The zero-order valence-corrected chi connectivity index (χ0v) is 11.3. The van der Waals surface area contributed by atoms with Crippen LogP contribution in [0.3, 0.4) is 0 Å². The monoisotopic (exact) mass is 300 g/mol. The zero-order chi connectivity index (χ0) is 15.6. The highest BCUT2D eigenvalue weighted by molar-refractivity contribution is 5.91. The van der Waals surface area contributed by atoms with Crippen molar-refractivity contribution < 1.29 is 22.8 Å². The Labute approximate surface area is 119 Å². The summed E-state index contributed by atoms with van der Waals surface area (Å²) in [5.41, 5.74) is 0.644. The van der Waals surface area contributed by atoms with Gasteiger partial charge in [-0.3, -0.25) is 9.59 Å². The lowest BCUT2D eigenvalue weighted by atomic mass is 10.0. The van der Waals surface area contributed by atoms with E-state index in [1.165, 1.54) is 18.2 Å². The van der Waals surface area contributed by atoms with Crippen LogP contribution in [-0.4, -0.2) is 24.0 Å². The Morgan fingerprint density at radius 1 is 1.43 bits per heavy atom. The molecule has 1 unspecified atom stereocenters. The predicted octanol–water partition coefficient (Wildman–Crippen LogP) is 1.99. The third-order valence-corrected chi connectivity index (χ3v) is 3.30. The predicted molar refractivity (Wildman–Crippen MR) is 69.3 cm³/mol. The number of carbonyl (C=O) groups excluding carboxylic acids is 2. The van der Waals surface area contributed by atoms with Gasteiger partial charge in [-0.2, -0.15) is 13.2 Å². The lowest BCUT2D eigenvalue weighted by Gasteiger charge is -2.24. The maximum atomic E-state index is 13.2. The molecule has 0 spiro atoms. The average molecular weight is 300 g/mol. The van der Waals surface area contributed by atoms with E-state index in [9.17, 15) is 22.8 Å². The SMILES string of the molecule is Cc1cccc(C(NC(=O)[C@H]2CCC(=O)N2)C(F)(F)F)c1. The van der Waals surface area contributed by atoms with Gasteiger partial charge in [-0.15, -0.1) is 0 Å². The highest BCUT2D eigenvalue weighted by Crippen LogP contribution is 2.33. The van der Waals surface area contributed by atoms with E-state index in [1.807, 2.05) is 5.32 Å². The molecule has 1 aliphatic rings. The number of amides is 2. The van der Waals surface area contributed by atoms with E-state index >= 15 is 0 Å².